The quantitative estimate of drug-likeness (QED) is 0.823. The van der Waals surface area contributed by atoms with Crippen molar-refractivity contribution in [1.82, 2.24) is 15.1 Å². The molecule has 2 saturated heterocycles. The highest BCUT2D eigenvalue weighted by atomic mass is 19.2. The summed E-state index contributed by atoms with van der Waals surface area (Å²) in [5, 5.41) is 2.63. The zero-order valence-corrected chi connectivity index (χ0v) is 15.5. The van der Waals surface area contributed by atoms with Gasteiger partial charge in [-0.05, 0) is 42.5 Å². The van der Waals surface area contributed by atoms with Gasteiger partial charge < -0.3 is 5.32 Å². The van der Waals surface area contributed by atoms with Crippen molar-refractivity contribution in [2.24, 2.45) is 0 Å². The molecule has 0 unspecified atom stereocenters. The molecule has 5 nitrogen and oxygen atoms in total. The molecule has 2 aliphatic rings. The van der Waals surface area contributed by atoms with Gasteiger partial charge in [0, 0.05) is 13.1 Å². The third-order valence-electron chi connectivity index (χ3n) is 5.66. The summed E-state index contributed by atoms with van der Waals surface area (Å²) < 4.78 is 26.9. The van der Waals surface area contributed by atoms with E-state index in [1.54, 1.807) is 0 Å². The number of hydrogen-bond acceptors (Lipinski definition) is 3. The van der Waals surface area contributed by atoms with Crippen LogP contribution in [-0.2, 0) is 10.3 Å². The SMILES string of the molecule is C[C@]1(c2ccc(F)c(F)c2)NC(=O)N(CN2CC[C@@H](c3ccccc3)C2)C1=O. The van der Waals surface area contributed by atoms with E-state index in [-0.39, 0.29) is 12.2 Å². The van der Waals surface area contributed by atoms with Gasteiger partial charge in [0.15, 0.2) is 11.6 Å². The molecule has 2 aromatic carbocycles. The van der Waals surface area contributed by atoms with Crippen molar-refractivity contribution < 1.29 is 18.4 Å². The Labute approximate surface area is 161 Å². The number of likely N-dealkylation sites (tertiary alicyclic amines) is 1. The maximum atomic E-state index is 13.6. The van der Waals surface area contributed by atoms with Gasteiger partial charge in [-0.15, -0.1) is 0 Å². The largest absolute Gasteiger partial charge is 0.326 e. The van der Waals surface area contributed by atoms with Crippen LogP contribution >= 0.6 is 0 Å². The normalized spacial score (nSPS) is 25.4. The van der Waals surface area contributed by atoms with Crippen LogP contribution in [0.2, 0.25) is 0 Å². The van der Waals surface area contributed by atoms with Crippen LogP contribution in [0.25, 0.3) is 0 Å². The molecule has 2 atom stereocenters. The van der Waals surface area contributed by atoms with Crippen LogP contribution in [0.3, 0.4) is 0 Å². The monoisotopic (exact) mass is 385 g/mol. The van der Waals surface area contributed by atoms with Crippen LogP contribution in [0, 0.1) is 11.6 Å². The fourth-order valence-corrected chi connectivity index (χ4v) is 3.99. The number of carbonyl (C=O) groups excluding carboxylic acids is 2. The Morgan fingerprint density at radius 3 is 2.57 bits per heavy atom. The number of carbonyl (C=O) groups is 2. The van der Waals surface area contributed by atoms with E-state index >= 15 is 0 Å². The van der Waals surface area contributed by atoms with Crippen molar-refractivity contribution in [1.29, 1.82) is 0 Å². The first-order valence-corrected chi connectivity index (χ1v) is 9.25. The van der Waals surface area contributed by atoms with Crippen molar-refractivity contribution in [2.75, 3.05) is 19.8 Å². The summed E-state index contributed by atoms with van der Waals surface area (Å²) in [5.41, 5.74) is 0.0501. The van der Waals surface area contributed by atoms with E-state index in [1.165, 1.54) is 18.6 Å². The zero-order chi connectivity index (χ0) is 19.9. The van der Waals surface area contributed by atoms with E-state index < -0.39 is 29.1 Å². The van der Waals surface area contributed by atoms with E-state index in [0.717, 1.165) is 36.5 Å². The lowest BCUT2D eigenvalue weighted by atomic mass is 9.92. The molecule has 1 N–H and O–H groups in total. The number of urea groups is 1. The summed E-state index contributed by atoms with van der Waals surface area (Å²) in [6, 6.07) is 12.9. The molecular weight excluding hydrogens is 364 g/mol. The second-order valence-electron chi connectivity index (χ2n) is 7.53. The number of rotatable bonds is 4. The summed E-state index contributed by atoms with van der Waals surface area (Å²) in [6.45, 7) is 3.21. The number of nitrogens with one attached hydrogen (secondary N) is 1. The summed E-state index contributed by atoms with van der Waals surface area (Å²) in [6.07, 6.45) is 0.952. The molecule has 7 heteroatoms. The van der Waals surface area contributed by atoms with Gasteiger partial charge in [0.05, 0.1) is 6.67 Å². The predicted octanol–water partition coefficient (Wildman–Crippen LogP) is 3.18. The summed E-state index contributed by atoms with van der Waals surface area (Å²) >= 11 is 0. The number of imide groups is 1. The fraction of sp³-hybridized carbons (Fsp3) is 0.333. The van der Waals surface area contributed by atoms with Crippen molar-refractivity contribution >= 4 is 11.9 Å². The summed E-state index contributed by atoms with van der Waals surface area (Å²) in [7, 11) is 0. The highest BCUT2D eigenvalue weighted by Gasteiger charge is 2.49. The molecule has 146 valence electrons. The molecule has 0 radical (unpaired) electrons. The van der Waals surface area contributed by atoms with Gasteiger partial charge in [-0.2, -0.15) is 0 Å². The smallest absolute Gasteiger partial charge is 0.319 e. The average Bonchev–Trinajstić information content (AvgIpc) is 3.24. The fourth-order valence-electron chi connectivity index (χ4n) is 3.99. The molecule has 0 bridgehead atoms. The van der Waals surface area contributed by atoms with E-state index in [4.69, 9.17) is 0 Å². The van der Waals surface area contributed by atoms with Gasteiger partial charge >= 0.3 is 6.03 Å². The van der Waals surface area contributed by atoms with Crippen molar-refractivity contribution in [2.45, 2.75) is 24.8 Å². The van der Waals surface area contributed by atoms with Crippen LogP contribution in [0.15, 0.2) is 48.5 Å². The van der Waals surface area contributed by atoms with Crippen LogP contribution in [0.5, 0.6) is 0 Å². The summed E-state index contributed by atoms with van der Waals surface area (Å²) in [4.78, 5) is 28.6. The Hall–Kier alpha value is -2.80. The molecule has 3 amide bonds. The predicted molar refractivity (Wildman–Crippen MR) is 99.3 cm³/mol. The minimum absolute atomic E-state index is 0.174. The van der Waals surface area contributed by atoms with Gasteiger partial charge in [-0.3, -0.25) is 9.69 Å². The number of benzene rings is 2. The number of nitrogens with zero attached hydrogens (tertiary/aromatic N) is 2. The molecule has 0 saturated carbocycles. The lowest BCUT2D eigenvalue weighted by Gasteiger charge is -2.24. The average molecular weight is 385 g/mol. The van der Waals surface area contributed by atoms with Crippen molar-refractivity contribution in [3.05, 3.63) is 71.3 Å². The lowest BCUT2D eigenvalue weighted by Crippen LogP contribution is -2.43. The second-order valence-corrected chi connectivity index (χ2v) is 7.53. The third-order valence-corrected chi connectivity index (χ3v) is 5.66. The Morgan fingerprint density at radius 2 is 1.86 bits per heavy atom. The van der Waals surface area contributed by atoms with Crippen LogP contribution < -0.4 is 5.32 Å². The van der Waals surface area contributed by atoms with Crippen molar-refractivity contribution in [3.8, 4) is 0 Å². The topological polar surface area (TPSA) is 52.7 Å². The van der Waals surface area contributed by atoms with Gasteiger partial charge in [0.25, 0.3) is 5.91 Å². The number of hydrogen-bond donors (Lipinski definition) is 1. The minimum atomic E-state index is -1.41. The van der Waals surface area contributed by atoms with Gasteiger partial charge in [-0.1, -0.05) is 36.4 Å². The molecule has 2 aliphatic heterocycles. The van der Waals surface area contributed by atoms with Crippen LogP contribution in [0.1, 0.15) is 30.4 Å². The molecule has 0 aliphatic carbocycles. The van der Waals surface area contributed by atoms with Crippen molar-refractivity contribution in [3.63, 3.8) is 0 Å². The highest BCUT2D eigenvalue weighted by Crippen LogP contribution is 2.32. The van der Waals surface area contributed by atoms with Gasteiger partial charge in [0.2, 0.25) is 0 Å². The van der Waals surface area contributed by atoms with E-state index in [1.807, 2.05) is 18.2 Å². The first-order chi connectivity index (χ1) is 13.4. The molecule has 0 aromatic heterocycles. The van der Waals surface area contributed by atoms with E-state index in [0.29, 0.717) is 5.92 Å². The maximum Gasteiger partial charge on any atom is 0.326 e. The van der Waals surface area contributed by atoms with Gasteiger partial charge in [0.1, 0.15) is 5.54 Å². The molecule has 2 heterocycles. The highest BCUT2D eigenvalue weighted by molar-refractivity contribution is 6.07. The Bertz CT molecular complexity index is 921. The maximum absolute atomic E-state index is 13.6. The molecular formula is C21H21F2N3O2. The number of halogens is 2. The Morgan fingerprint density at radius 1 is 1.11 bits per heavy atom. The van der Waals surface area contributed by atoms with Gasteiger partial charge in [-0.25, -0.2) is 18.5 Å². The van der Waals surface area contributed by atoms with Crippen LogP contribution in [-0.4, -0.2) is 41.5 Å². The Balaban J connectivity index is 1.48. The first kappa shape index (κ1) is 18.6. The van der Waals surface area contributed by atoms with E-state index in [2.05, 4.69) is 22.3 Å². The summed E-state index contributed by atoms with van der Waals surface area (Å²) in [5.74, 6) is -2.15. The minimum Gasteiger partial charge on any atom is -0.319 e. The number of amides is 3. The molecule has 2 fully saturated rings. The molecule has 4 rings (SSSR count). The third kappa shape index (κ3) is 3.16. The standard InChI is InChI=1S/C21H21F2N3O2/c1-21(16-7-8-17(22)18(23)11-16)19(27)26(20(28)24-21)13-25-10-9-15(12-25)14-5-3-2-4-6-14/h2-8,11,15H,9-10,12-13H2,1H3,(H,24,28)/t15-,21-/m1/s1. The Kier molecular flexibility index (Phi) is 4.63. The zero-order valence-electron chi connectivity index (χ0n) is 15.5. The van der Waals surface area contributed by atoms with E-state index in [9.17, 15) is 18.4 Å². The molecule has 2 aromatic rings. The molecule has 0 spiro atoms. The lowest BCUT2D eigenvalue weighted by molar-refractivity contribution is -0.132. The first-order valence-electron chi connectivity index (χ1n) is 9.25. The molecule has 28 heavy (non-hydrogen) atoms. The van der Waals surface area contributed by atoms with Crippen LogP contribution in [0.4, 0.5) is 13.6 Å². The second kappa shape index (κ2) is 6.98.